The number of carbonyl (C=O) groups is 2. The van der Waals surface area contributed by atoms with Gasteiger partial charge in [0.05, 0.1) is 25.5 Å². The van der Waals surface area contributed by atoms with Crippen molar-refractivity contribution in [3.63, 3.8) is 0 Å². The van der Waals surface area contributed by atoms with E-state index in [9.17, 15) is 9.59 Å². The van der Waals surface area contributed by atoms with Gasteiger partial charge in [-0.15, -0.1) is 11.3 Å². The molecular weight excluding hydrogens is 420 g/mol. The minimum atomic E-state index is -0.872. The van der Waals surface area contributed by atoms with E-state index < -0.39 is 12.0 Å². The molecule has 0 aliphatic rings. The third-order valence-corrected chi connectivity index (χ3v) is 5.01. The van der Waals surface area contributed by atoms with Crippen molar-refractivity contribution in [3.05, 3.63) is 63.8 Å². The summed E-state index contributed by atoms with van der Waals surface area (Å²) in [5, 5.41) is 5.21. The van der Waals surface area contributed by atoms with E-state index in [1.807, 2.05) is 6.07 Å². The minimum Gasteiger partial charge on any atom is -0.467 e. The van der Waals surface area contributed by atoms with Crippen LogP contribution in [-0.4, -0.2) is 24.0 Å². The van der Waals surface area contributed by atoms with Gasteiger partial charge in [-0.25, -0.2) is 9.78 Å². The zero-order chi connectivity index (χ0) is 18.5. The number of halogens is 1. The highest BCUT2D eigenvalue weighted by molar-refractivity contribution is 9.10. The van der Waals surface area contributed by atoms with Crippen LogP contribution in [0.1, 0.15) is 17.3 Å². The molecule has 6 nitrogen and oxygen atoms in total. The number of amides is 1. The Morgan fingerprint density at radius 1 is 1.31 bits per heavy atom. The predicted octanol–water partition coefficient (Wildman–Crippen LogP) is 3.74. The van der Waals surface area contributed by atoms with Crippen molar-refractivity contribution < 1.29 is 18.7 Å². The normalized spacial score (nSPS) is 11.8. The molecule has 0 aliphatic carbocycles. The van der Waals surface area contributed by atoms with Gasteiger partial charge in [-0.2, -0.15) is 0 Å². The van der Waals surface area contributed by atoms with E-state index in [0.29, 0.717) is 22.0 Å². The molecule has 0 spiro atoms. The number of benzene rings is 1. The van der Waals surface area contributed by atoms with Gasteiger partial charge in [0.15, 0.2) is 16.8 Å². The van der Waals surface area contributed by atoms with Gasteiger partial charge in [-0.1, -0.05) is 28.1 Å². The summed E-state index contributed by atoms with van der Waals surface area (Å²) in [5.74, 6) is -0.196. The molecule has 2 aromatic heterocycles. The Morgan fingerprint density at radius 3 is 2.73 bits per heavy atom. The van der Waals surface area contributed by atoms with E-state index in [1.165, 1.54) is 18.4 Å². The molecule has 0 aliphatic heterocycles. The van der Waals surface area contributed by atoms with Crippen LogP contribution in [0.4, 0.5) is 0 Å². The van der Waals surface area contributed by atoms with Crippen molar-refractivity contribution in [1.29, 1.82) is 0 Å². The third kappa shape index (κ3) is 4.39. The Hall–Kier alpha value is -2.45. The van der Waals surface area contributed by atoms with E-state index in [-0.39, 0.29) is 12.3 Å². The molecule has 1 N–H and O–H groups in total. The number of carbonyl (C=O) groups excluding carboxylic acids is 2. The Bertz CT molecular complexity index is 890. The number of thiazole rings is 1. The number of rotatable bonds is 6. The summed E-state index contributed by atoms with van der Waals surface area (Å²) in [6, 6.07) is 9.82. The zero-order valence-electron chi connectivity index (χ0n) is 13.8. The van der Waals surface area contributed by atoms with E-state index in [0.717, 1.165) is 4.47 Å². The molecule has 1 atom stereocenters. The molecule has 0 bridgehead atoms. The summed E-state index contributed by atoms with van der Waals surface area (Å²) in [7, 11) is 1.29. The van der Waals surface area contributed by atoms with Gasteiger partial charge in [0.2, 0.25) is 5.91 Å². The quantitative estimate of drug-likeness (QED) is 0.597. The molecule has 8 heteroatoms. The second-order valence-corrected chi connectivity index (χ2v) is 7.15. The molecule has 3 rings (SSSR count). The highest BCUT2D eigenvalue weighted by Crippen LogP contribution is 2.24. The summed E-state index contributed by atoms with van der Waals surface area (Å²) in [6.45, 7) is 0. The lowest BCUT2D eigenvalue weighted by atomic mass is 10.1. The molecule has 1 aromatic carbocycles. The summed E-state index contributed by atoms with van der Waals surface area (Å²) in [5.41, 5.74) is 1.25. The van der Waals surface area contributed by atoms with Crippen LogP contribution in [0.5, 0.6) is 0 Å². The number of nitrogens with zero attached hydrogens (tertiary/aromatic N) is 1. The van der Waals surface area contributed by atoms with Crippen LogP contribution < -0.4 is 5.32 Å². The highest BCUT2D eigenvalue weighted by atomic mass is 79.9. The topological polar surface area (TPSA) is 81.4 Å². The molecule has 26 heavy (non-hydrogen) atoms. The van der Waals surface area contributed by atoms with Crippen molar-refractivity contribution in [2.24, 2.45) is 0 Å². The number of nitrogens with one attached hydrogen (secondary N) is 1. The molecule has 134 valence electrons. The molecule has 0 saturated heterocycles. The van der Waals surface area contributed by atoms with Gasteiger partial charge in [0, 0.05) is 9.85 Å². The number of hydrogen-bond acceptors (Lipinski definition) is 6. The largest absolute Gasteiger partial charge is 0.467 e. The highest BCUT2D eigenvalue weighted by Gasteiger charge is 2.24. The maximum atomic E-state index is 12.4. The van der Waals surface area contributed by atoms with Crippen molar-refractivity contribution in [2.75, 3.05) is 7.11 Å². The van der Waals surface area contributed by atoms with Gasteiger partial charge in [-0.05, 0) is 29.8 Å². The fraction of sp³-hybridized carbons (Fsp3) is 0.167. The molecule has 1 amide bonds. The first kappa shape index (κ1) is 18.3. The number of furan rings is 1. The van der Waals surface area contributed by atoms with Gasteiger partial charge in [-0.3, -0.25) is 4.79 Å². The average molecular weight is 435 g/mol. The van der Waals surface area contributed by atoms with Crippen LogP contribution in [0.25, 0.3) is 10.8 Å². The first-order valence-electron chi connectivity index (χ1n) is 7.67. The first-order chi connectivity index (χ1) is 12.6. The summed E-state index contributed by atoms with van der Waals surface area (Å²) in [4.78, 5) is 28.9. The standard InChI is InChI=1S/C18H15BrN2O4S/c1-24-18(23)16(11-4-6-12(19)7-5-11)21-15(22)9-13-10-26-17(20-13)14-3-2-8-25-14/h2-8,10,16H,9H2,1H3,(H,21,22). The summed E-state index contributed by atoms with van der Waals surface area (Å²) in [6.07, 6.45) is 1.63. The van der Waals surface area contributed by atoms with E-state index in [2.05, 4.69) is 26.2 Å². The van der Waals surface area contributed by atoms with Crippen LogP contribution >= 0.6 is 27.3 Å². The molecule has 0 saturated carbocycles. The van der Waals surface area contributed by atoms with E-state index in [1.54, 1.807) is 42.0 Å². The fourth-order valence-corrected chi connectivity index (χ4v) is 3.38. The molecule has 1 unspecified atom stereocenters. The predicted molar refractivity (Wildman–Crippen MR) is 101 cm³/mol. The Kier molecular flexibility index (Phi) is 5.85. The second-order valence-electron chi connectivity index (χ2n) is 5.37. The molecule has 2 heterocycles. The number of ether oxygens (including phenoxy) is 1. The SMILES string of the molecule is COC(=O)C(NC(=O)Cc1csc(-c2ccco2)n1)c1ccc(Br)cc1. The Morgan fingerprint density at radius 2 is 2.08 bits per heavy atom. The summed E-state index contributed by atoms with van der Waals surface area (Å²) < 4.78 is 11.0. The number of hydrogen-bond donors (Lipinski definition) is 1. The van der Waals surface area contributed by atoms with E-state index in [4.69, 9.17) is 9.15 Å². The van der Waals surface area contributed by atoms with Gasteiger partial charge in [0.1, 0.15) is 0 Å². The Labute approximate surface area is 162 Å². The smallest absolute Gasteiger partial charge is 0.333 e. The van der Waals surface area contributed by atoms with E-state index >= 15 is 0 Å². The van der Waals surface area contributed by atoms with Crippen molar-refractivity contribution in [1.82, 2.24) is 10.3 Å². The molecule has 0 radical (unpaired) electrons. The average Bonchev–Trinajstić information content (AvgIpc) is 3.31. The lowest BCUT2D eigenvalue weighted by molar-refractivity contribution is -0.145. The molecule has 3 aromatic rings. The van der Waals surface area contributed by atoms with Crippen molar-refractivity contribution >= 4 is 39.1 Å². The van der Waals surface area contributed by atoms with Crippen molar-refractivity contribution in [3.8, 4) is 10.8 Å². The van der Waals surface area contributed by atoms with Crippen LogP contribution in [0.15, 0.2) is 56.9 Å². The number of esters is 1. The number of methoxy groups -OCH3 is 1. The fourth-order valence-electron chi connectivity index (χ4n) is 2.33. The second kappa shape index (κ2) is 8.29. The van der Waals surface area contributed by atoms with Gasteiger partial charge >= 0.3 is 5.97 Å². The van der Waals surface area contributed by atoms with Crippen LogP contribution in [0.2, 0.25) is 0 Å². The molecule has 0 fully saturated rings. The Balaban J connectivity index is 1.70. The monoisotopic (exact) mass is 434 g/mol. The third-order valence-electron chi connectivity index (χ3n) is 3.57. The maximum Gasteiger partial charge on any atom is 0.333 e. The first-order valence-corrected chi connectivity index (χ1v) is 9.35. The zero-order valence-corrected chi connectivity index (χ0v) is 16.2. The maximum absolute atomic E-state index is 12.4. The lowest BCUT2D eigenvalue weighted by Crippen LogP contribution is -2.35. The van der Waals surface area contributed by atoms with Gasteiger partial charge in [0.25, 0.3) is 0 Å². The van der Waals surface area contributed by atoms with Crippen molar-refractivity contribution in [2.45, 2.75) is 12.5 Å². The lowest BCUT2D eigenvalue weighted by Gasteiger charge is -2.16. The number of aromatic nitrogens is 1. The molecular formula is C18H15BrN2O4S. The van der Waals surface area contributed by atoms with Crippen LogP contribution in [0.3, 0.4) is 0 Å². The summed E-state index contributed by atoms with van der Waals surface area (Å²) >= 11 is 4.74. The minimum absolute atomic E-state index is 0.0568. The van der Waals surface area contributed by atoms with Crippen LogP contribution in [-0.2, 0) is 20.7 Å². The van der Waals surface area contributed by atoms with Crippen LogP contribution in [0, 0.1) is 0 Å². The van der Waals surface area contributed by atoms with Gasteiger partial charge < -0.3 is 14.5 Å².